The van der Waals surface area contributed by atoms with Crippen LogP contribution in [0.3, 0.4) is 0 Å². The van der Waals surface area contributed by atoms with Gasteiger partial charge in [-0.1, -0.05) is 11.8 Å². The highest BCUT2D eigenvalue weighted by molar-refractivity contribution is 8.01. The first kappa shape index (κ1) is 10.1. The number of rotatable bonds is 2. The predicted molar refractivity (Wildman–Crippen MR) is 59.9 cm³/mol. The molecular formula is C10H7N3S2. The van der Waals surface area contributed by atoms with Crippen molar-refractivity contribution in [3.8, 4) is 6.07 Å². The highest BCUT2D eigenvalue weighted by atomic mass is 32.2. The van der Waals surface area contributed by atoms with Crippen molar-refractivity contribution in [2.45, 2.75) is 16.2 Å². The van der Waals surface area contributed by atoms with Crippen molar-refractivity contribution < 1.29 is 0 Å². The quantitative estimate of drug-likeness (QED) is 0.800. The van der Waals surface area contributed by atoms with Crippen molar-refractivity contribution in [2.24, 2.45) is 0 Å². The van der Waals surface area contributed by atoms with Crippen LogP contribution in [0.5, 0.6) is 0 Å². The molecule has 3 nitrogen and oxygen atoms in total. The molecule has 0 fully saturated rings. The van der Waals surface area contributed by atoms with Crippen LogP contribution >= 0.6 is 23.1 Å². The molecule has 0 N–H and O–H groups in total. The highest BCUT2D eigenvalue weighted by Crippen LogP contribution is 2.31. The standard InChI is InChI=1S/C10H7N3S2/c1-7-6-14-10(13-7)15-9-5-12-3-2-8(9)4-11/h2-3,5-6H,1H3. The number of aryl methyl sites for hydroxylation is 1. The molecule has 2 heterocycles. The van der Waals surface area contributed by atoms with Gasteiger partial charge in [0.2, 0.25) is 0 Å². The molecule has 5 heteroatoms. The molecule has 0 aromatic carbocycles. The van der Waals surface area contributed by atoms with Crippen molar-refractivity contribution in [1.29, 1.82) is 5.26 Å². The van der Waals surface area contributed by atoms with Crippen molar-refractivity contribution in [3.63, 3.8) is 0 Å². The molecule has 15 heavy (non-hydrogen) atoms. The number of aromatic nitrogens is 2. The van der Waals surface area contributed by atoms with E-state index in [2.05, 4.69) is 16.0 Å². The van der Waals surface area contributed by atoms with Gasteiger partial charge in [0.15, 0.2) is 4.34 Å². The van der Waals surface area contributed by atoms with E-state index in [0.717, 1.165) is 14.9 Å². The fourth-order valence-electron chi connectivity index (χ4n) is 1.03. The summed E-state index contributed by atoms with van der Waals surface area (Å²) in [5.74, 6) is 0. The molecule has 74 valence electrons. The Morgan fingerprint density at radius 2 is 2.40 bits per heavy atom. The van der Waals surface area contributed by atoms with Gasteiger partial charge in [0.25, 0.3) is 0 Å². The molecule has 0 amide bonds. The van der Waals surface area contributed by atoms with E-state index in [0.29, 0.717) is 5.56 Å². The van der Waals surface area contributed by atoms with E-state index < -0.39 is 0 Å². The van der Waals surface area contributed by atoms with E-state index in [1.54, 1.807) is 29.8 Å². The first-order valence-electron chi connectivity index (χ1n) is 4.23. The van der Waals surface area contributed by atoms with E-state index in [4.69, 9.17) is 5.26 Å². The summed E-state index contributed by atoms with van der Waals surface area (Å²) in [5, 5.41) is 10.9. The zero-order valence-corrected chi connectivity index (χ0v) is 9.60. The molecular weight excluding hydrogens is 226 g/mol. The van der Waals surface area contributed by atoms with E-state index in [1.807, 2.05) is 12.3 Å². The predicted octanol–water partition coefficient (Wildman–Crippen LogP) is 2.87. The fraction of sp³-hybridized carbons (Fsp3) is 0.100. The van der Waals surface area contributed by atoms with Gasteiger partial charge in [0.05, 0.1) is 10.5 Å². The molecule has 2 aromatic rings. The molecule has 0 bridgehead atoms. The lowest BCUT2D eigenvalue weighted by Gasteiger charge is -1.98. The first-order valence-corrected chi connectivity index (χ1v) is 5.93. The van der Waals surface area contributed by atoms with Crippen molar-refractivity contribution in [2.75, 3.05) is 0 Å². The Bertz CT molecular complexity index is 513. The second kappa shape index (κ2) is 4.43. The summed E-state index contributed by atoms with van der Waals surface area (Å²) in [7, 11) is 0. The van der Waals surface area contributed by atoms with Gasteiger partial charge in [0.1, 0.15) is 6.07 Å². The Labute approximate surface area is 95.8 Å². The Morgan fingerprint density at radius 1 is 1.53 bits per heavy atom. The maximum absolute atomic E-state index is 8.89. The number of nitriles is 1. The summed E-state index contributed by atoms with van der Waals surface area (Å²) in [4.78, 5) is 9.18. The minimum atomic E-state index is 0.642. The first-order chi connectivity index (χ1) is 7.29. The monoisotopic (exact) mass is 233 g/mol. The second-order valence-corrected chi connectivity index (χ2v) is 4.99. The molecule has 2 aromatic heterocycles. The molecule has 0 radical (unpaired) electrons. The lowest BCUT2D eigenvalue weighted by molar-refractivity contribution is 1.15. The molecule has 0 atom stereocenters. The van der Waals surface area contributed by atoms with E-state index in [-0.39, 0.29) is 0 Å². The van der Waals surface area contributed by atoms with Gasteiger partial charge >= 0.3 is 0 Å². The molecule has 0 saturated heterocycles. The van der Waals surface area contributed by atoms with Crippen molar-refractivity contribution in [1.82, 2.24) is 9.97 Å². The molecule has 2 rings (SSSR count). The van der Waals surface area contributed by atoms with E-state index in [1.165, 1.54) is 11.8 Å². The van der Waals surface area contributed by atoms with Crippen LogP contribution in [0.2, 0.25) is 0 Å². The van der Waals surface area contributed by atoms with Crippen LogP contribution in [0.1, 0.15) is 11.3 Å². The average molecular weight is 233 g/mol. The van der Waals surface area contributed by atoms with Gasteiger partial charge in [-0.3, -0.25) is 4.98 Å². The third-order valence-electron chi connectivity index (χ3n) is 1.70. The maximum atomic E-state index is 8.89. The van der Waals surface area contributed by atoms with Crippen LogP contribution in [-0.2, 0) is 0 Å². The zero-order valence-electron chi connectivity index (χ0n) is 7.97. The van der Waals surface area contributed by atoms with Gasteiger partial charge in [0, 0.05) is 23.5 Å². The van der Waals surface area contributed by atoms with Crippen LogP contribution in [0.4, 0.5) is 0 Å². The summed E-state index contributed by atoms with van der Waals surface area (Å²) in [6.07, 6.45) is 3.32. The summed E-state index contributed by atoms with van der Waals surface area (Å²) < 4.78 is 0.942. The Morgan fingerprint density at radius 3 is 3.07 bits per heavy atom. The fourth-order valence-corrected chi connectivity index (χ4v) is 2.87. The third-order valence-corrected chi connectivity index (χ3v) is 3.80. The SMILES string of the molecule is Cc1csc(Sc2cnccc2C#N)n1. The lowest BCUT2D eigenvalue weighted by atomic mass is 10.3. The normalized spacial score (nSPS) is 9.87. The topological polar surface area (TPSA) is 49.6 Å². The van der Waals surface area contributed by atoms with Crippen LogP contribution in [-0.4, -0.2) is 9.97 Å². The molecule has 0 saturated carbocycles. The van der Waals surface area contributed by atoms with Gasteiger partial charge < -0.3 is 0 Å². The van der Waals surface area contributed by atoms with Crippen LogP contribution in [0.15, 0.2) is 33.1 Å². The summed E-state index contributed by atoms with van der Waals surface area (Å²) in [5.41, 5.74) is 1.65. The Balaban J connectivity index is 2.28. The van der Waals surface area contributed by atoms with E-state index in [9.17, 15) is 0 Å². The van der Waals surface area contributed by atoms with E-state index >= 15 is 0 Å². The average Bonchev–Trinajstić information content (AvgIpc) is 2.65. The zero-order chi connectivity index (χ0) is 10.7. The number of pyridine rings is 1. The highest BCUT2D eigenvalue weighted by Gasteiger charge is 2.06. The van der Waals surface area contributed by atoms with Gasteiger partial charge in [-0.15, -0.1) is 11.3 Å². The minimum Gasteiger partial charge on any atom is -0.263 e. The molecule has 0 aliphatic rings. The minimum absolute atomic E-state index is 0.642. The van der Waals surface area contributed by atoms with Gasteiger partial charge in [-0.2, -0.15) is 5.26 Å². The Kier molecular flexibility index (Phi) is 2.99. The van der Waals surface area contributed by atoms with Crippen molar-refractivity contribution >= 4 is 23.1 Å². The summed E-state index contributed by atoms with van der Waals surface area (Å²) in [6, 6.07) is 3.85. The summed E-state index contributed by atoms with van der Waals surface area (Å²) in [6.45, 7) is 1.95. The molecule has 0 aliphatic heterocycles. The maximum Gasteiger partial charge on any atom is 0.154 e. The molecule has 0 unspecified atom stereocenters. The smallest absolute Gasteiger partial charge is 0.154 e. The van der Waals surface area contributed by atoms with Crippen LogP contribution < -0.4 is 0 Å². The third kappa shape index (κ3) is 2.35. The lowest BCUT2D eigenvalue weighted by Crippen LogP contribution is -1.82. The molecule has 0 aliphatic carbocycles. The van der Waals surface area contributed by atoms with Crippen LogP contribution in [0, 0.1) is 18.3 Å². The number of hydrogen-bond acceptors (Lipinski definition) is 5. The van der Waals surface area contributed by atoms with Crippen molar-refractivity contribution in [3.05, 3.63) is 35.1 Å². The molecule has 0 spiro atoms. The Hall–Kier alpha value is -1.38. The van der Waals surface area contributed by atoms with Crippen LogP contribution in [0.25, 0.3) is 0 Å². The van der Waals surface area contributed by atoms with Gasteiger partial charge in [-0.05, 0) is 13.0 Å². The number of nitrogens with zero attached hydrogens (tertiary/aromatic N) is 3. The number of thiazole rings is 1. The second-order valence-electron chi connectivity index (χ2n) is 2.84. The largest absolute Gasteiger partial charge is 0.263 e. The number of hydrogen-bond donors (Lipinski definition) is 0. The summed E-state index contributed by atoms with van der Waals surface area (Å²) >= 11 is 3.06. The van der Waals surface area contributed by atoms with Gasteiger partial charge in [-0.25, -0.2) is 4.98 Å².